The molecule has 6 heteroatoms. The Morgan fingerprint density at radius 2 is 1.85 bits per heavy atom. The number of nitrogens with zero attached hydrogens (tertiary/aromatic N) is 2. The van der Waals surface area contributed by atoms with Crippen molar-refractivity contribution in [1.29, 1.82) is 0 Å². The molecule has 27 heavy (non-hydrogen) atoms. The fourth-order valence-electron chi connectivity index (χ4n) is 4.48. The van der Waals surface area contributed by atoms with Crippen molar-refractivity contribution in [3.05, 3.63) is 34.3 Å². The highest BCUT2D eigenvalue weighted by atomic mass is 35.5. The van der Waals surface area contributed by atoms with E-state index in [9.17, 15) is 0 Å². The fourth-order valence-corrected chi connectivity index (χ4v) is 4.78. The highest BCUT2D eigenvalue weighted by Gasteiger charge is 2.25. The molecule has 2 atom stereocenters. The van der Waals surface area contributed by atoms with Crippen molar-refractivity contribution >= 4 is 29.0 Å². The van der Waals surface area contributed by atoms with Crippen LogP contribution in [0.3, 0.4) is 0 Å². The van der Waals surface area contributed by atoms with Gasteiger partial charge in [0.15, 0.2) is 5.82 Å². The van der Waals surface area contributed by atoms with Crippen LogP contribution in [0.15, 0.2) is 24.3 Å². The van der Waals surface area contributed by atoms with Crippen LogP contribution in [0.5, 0.6) is 0 Å². The zero-order valence-electron chi connectivity index (χ0n) is 15.8. The summed E-state index contributed by atoms with van der Waals surface area (Å²) in [5.41, 5.74) is 1.98. The lowest BCUT2D eigenvalue weighted by atomic mass is 9.86. The van der Waals surface area contributed by atoms with E-state index < -0.39 is 0 Å². The number of aromatic nitrogens is 2. The lowest BCUT2D eigenvalue weighted by Gasteiger charge is -2.36. The Kier molecular flexibility index (Phi) is 5.96. The van der Waals surface area contributed by atoms with E-state index in [1.165, 1.54) is 38.5 Å². The summed E-state index contributed by atoms with van der Waals surface area (Å²) < 4.78 is 0. The molecule has 2 heterocycles. The van der Waals surface area contributed by atoms with Gasteiger partial charge in [-0.1, -0.05) is 49.0 Å². The van der Waals surface area contributed by atoms with Crippen molar-refractivity contribution in [1.82, 2.24) is 15.5 Å². The lowest BCUT2D eigenvalue weighted by molar-refractivity contribution is 0.264. The molecule has 2 N–H and O–H groups in total. The minimum absolute atomic E-state index is 0.564. The number of anilines is 1. The lowest BCUT2D eigenvalue weighted by Crippen LogP contribution is -2.47. The molecule has 2 fully saturated rings. The normalized spacial score (nSPS) is 24.3. The average Bonchev–Trinajstić information content (AvgIpc) is 3.15. The van der Waals surface area contributed by atoms with E-state index >= 15 is 0 Å². The molecule has 1 aliphatic heterocycles. The summed E-state index contributed by atoms with van der Waals surface area (Å²) in [7, 11) is 0. The maximum absolute atomic E-state index is 6.14. The first-order valence-electron chi connectivity index (χ1n) is 10.1. The molecule has 4 rings (SSSR count). The van der Waals surface area contributed by atoms with Crippen molar-refractivity contribution in [3.63, 3.8) is 0 Å². The number of aromatic amines is 1. The second kappa shape index (κ2) is 8.42. The van der Waals surface area contributed by atoms with Crippen LogP contribution < -0.4 is 10.2 Å². The molecule has 2 aliphatic rings. The minimum atomic E-state index is 0.564. The van der Waals surface area contributed by atoms with Gasteiger partial charge in [-0.2, -0.15) is 5.10 Å². The Morgan fingerprint density at radius 3 is 2.59 bits per heavy atom. The van der Waals surface area contributed by atoms with Crippen LogP contribution >= 0.6 is 23.2 Å². The predicted octanol–water partition coefficient (Wildman–Crippen LogP) is 5.52. The largest absolute Gasteiger partial charge is 0.355 e. The topological polar surface area (TPSA) is 44.0 Å². The molecule has 146 valence electrons. The molecule has 1 saturated carbocycles. The van der Waals surface area contributed by atoms with Gasteiger partial charge in [-0.3, -0.25) is 5.10 Å². The quantitative estimate of drug-likeness (QED) is 0.701. The van der Waals surface area contributed by atoms with E-state index in [0.29, 0.717) is 16.1 Å². The smallest absolute Gasteiger partial charge is 0.150 e. The van der Waals surface area contributed by atoms with Crippen LogP contribution in [0.4, 0.5) is 5.82 Å². The van der Waals surface area contributed by atoms with Crippen molar-refractivity contribution in [2.45, 2.75) is 57.5 Å². The van der Waals surface area contributed by atoms with E-state index in [1.807, 2.05) is 18.2 Å². The fraction of sp³-hybridized carbons (Fsp3) is 0.571. The molecule has 0 amide bonds. The Balaban J connectivity index is 1.33. The summed E-state index contributed by atoms with van der Waals surface area (Å²) in [6.45, 7) is 4.48. The van der Waals surface area contributed by atoms with Crippen LogP contribution in [0.1, 0.15) is 45.4 Å². The van der Waals surface area contributed by atoms with Gasteiger partial charge in [-0.05, 0) is 43.7 Å². The minimum Gasteiger partial charge on any atom is -0.355 e. The van der Waals surface area contributed by atoms with Gasteiger partial charge in [-0.25, -0.2) is 0 Å². The Labute approximate surface area is 171 Å². The summed E-state index contributed by atoms with van der Waals surface area (Å²) >= 11 is 12.2. The van der Waals surface area contributed by atoms with Gasteiger partial charge in [-0.15, -0.1) is 0 Å². The summed E-state index contributed by atoms with van der Waals surface area (Å²) in [4.78, 5) is 2.37. The number of hydrogen-bond acceptors (Lipinski definition) is 3. The van der Waals surface area contributed by atoms with Gasteiger partial charge in [0, 0.05) is 36.8 Å². The summed E-state index contributed by atoms with van der Waals surface area (Å²) in [6.07, 6.45) is 7.82. The Hall–Kier alpha value is -1.23. The molecule has 4 nitrogen and oxygen atoms in total. The molecule has 1 saturated heterocycles. The van der Waals surface area contributed by atoms with Gasteiger partial charge in [0.2, 0.25) is 0 Å². The van der Waals surface area contributed by atoms with Crippen molar-refractivity contribution in [2.75, 3.05) is 18.0 Å². The van der Waals surface area contributed by atoms with Gasteiger partial charge in [0.1, 0.15) is 0 Å². The number of piperidine rings is 1. The third-order valence-electron chi connectivity index (χ3n) is 6.02. The molecule has 1 aliphatic carbocycles. The average molecular weight is 407 g/mol. The Bertz CT molecular complexity index is 767. The molecule has 1 aromatic heterocycles. The van der Waals surface area contributed by atoms with E-state index in [0.717, 1.165) is 42.1 Å². The molecule has 2 unspecified atom stereocenters. The second-order valence-electron chi connectivity index (χ2n) is 8.17. The molecule has 2 aromatic rings. The third kappa shape index (κ3) is 4.61. The number of halogens is 2. The number of rotatable bonds is 4. The van der Waals surface area contributed by atoms with Crippen molar-refractivity contribution in [2.24, 2.45) is 5.92 Å². The molecular weight excluding hydrogens is 379 g/mol. The van der Waals surface area contributed by atoms with Crippen molar-refractivity contribution < 1.29 is 0 Å². The number of benzene rings is 1. The standard InChI is InChI=1S/C21H28Cl2N4/c1-14-3-2-4-17(11-14)24-16-7-9-27(10-8-16)21-13-20(25-26-21)15-5-6-18(22)19(23)12-15/h5-6,12-14,16-17,24H,2-4,7-11H2,1H3,(H,25,26). The number of H-pyrrole nitrogens is 1. The monoisotopic (exact) mass is 406 g/mol. The SMILES string of the molecule is CC1CCCC(NC2CCN(c3cc(-c4ccc(Cl)c(Cl)c4)[nH]n3)CC2)C1. The Morgan fingerprint density at radius 1 is 1.04 bits per heavy atom. The summed E-state index contributed by atoms with van der Waals surface area (Å²) in [5, 5.41) is 12.7. The van der Waals surface area contributed by atoms with Gasteiger partial charge >= 0.3 is 0 Å². The van der Waals surface area contributed by atoms with Crippen LogP contribution in [-0.4, -0.2) is 35.4 Å². The van der Waals surface area contributed by atoms with E-state index in [-0.39, 0.29) is 0 Å². The molecule has 0 bridgehead atoms. The first kappa shape index (κ1) is 19.1. The maximum Gasteiger partial charge on any atom is 0.150 e. The molecule has 0 radical (unpaired) electrons. The highest BCUT2D eigenvalue weighted by Crippen LogP contribution is 2.30. The number of hydrogen-bond donors (Lipinski definition) is 2. The van der Waals surface area contributed by atoms with Gasteiger partial charge in [0.25, 0.3) is 0 Å². The summed E-state index contributed by atoms with van der Waals surface area (Å²) in [6, 6.07) is 9.14. The van der Waals surface area contributed by atoms with Gasteiger partial charge in [0.05, 0.1) is 15.7 Å². The highest BCUT2D eigenvalue weighted by molar-refractivity contribution is 6.42. The molecule has 0 spiro atoms. The third-order valence-corrected chi connectivity index (χ3v) is 6.76. The predicted molar refractivity (Wildman–Crippen MR) is 114 cm³/mol. The van der Waals surface area contributed by atoms with Crippen LogP contribution in [0, 0.1) is 5.92 Å². The first-order chi connectivity index (χ1) is 13.1. The molecule has 1 aromatic carbocycles. The maximum atomic E-state index is 6.14. The van der Waals surface area contributed by atoms with Crippen molar-refractivity contribution in [3.8, 4) is 11.3 Å². The zero-order valence-corrected chi connectivity index (χ0v) is 17.4. The van der Waals surface area contributed by atoms with Crippen LogP contribution in [-0.2, 0) is 0 Å². The van der Waals surface area contributed by atoms with E-state index in [1.54, 1.807) is 0 Å². The van der Waals surface area contributed by atoms with Crippen LogP contribution in [0.2, 0.25) is 10.0 Å². The van der Waals surface area contributed by atoms with E-state index in [4.69, 9.17) is 23.2 Å². The van der Waals surface area contributed by atoms with E-state index in [2.05, 4.69) is 33.4 Å². The number of nitrogens with one attached hydrogen (secondary N) is 2. The second-order valence-corrected chi connectivity index (χ2v) is 8.98. The summed E-state index contributed by atoms with van der Waals surface area (Å²) in [5.74, 6) is 1.89. The van der Waals surface area contributed by atoms with Crippen LogP contribution in [0.25, 0.3) is 11.3 Å². The zero-order chi connectivity index (χ0) is 18.8. The van der Waals surface area contributed by atoms with Gasteiger partial charge < -0.3 is 10.2 Å². The molecular formula is C21H28Cl2N4. The first-order valence-corrected chi connectivity index (χ1v) is 10.9.